The third kappa shape index (κ3) is 2.98. The van der Waals surface area contributed by atoms with E-state index in [0.29, 0.717) is 18.4 Å². The summed E-state index contributed by atoms with van der Waals surface area (Å²) in [6, 6.07) is 10.3. The summed E-state index contributed by atoms with van der Waals surface area (Å²) in [6.07, 6.45) is 3.93. The van der Waals surface area contributed by atoms with E-state index in [1.165, 1.54) is 6.07 Å². The molecular formula is C19H21FN2O. The number of benzene rings is 1. The first kappa shape index (κ1) is 15.7. The number of carbonyl (C=O) groups is 1. The van der Waals surface area contributed by atoms with Crippen molar-refractivity contribution in [2.75, 3.05) is 0 Å². The lowest BCUT2D eigenvalue weighted by Gasteiger charge is -2.22. The maximum atomic E-state index is 14.1. The van der Waals surface area contributed by atoms with Gasteiger partial charge < -0.3 is 5.32 Å². The predicted molar refractivity (Wildman–Crippen MR) is 87.5 cm³/mol. The molecule has 1 aromatic heterocycles. The van der Waals surface area contributed by atoms with Gasteiger partial charge in [-0.3, -0.25) is 9.78 Å². The quantitative estimate of drug-likeness (QED) is 0.911. The normalized spacial score (nSPS) is 16.7. The standard InChI is InChI=1S/C19H21FN2O/c1-3-16(17-9-8-13(2)12-21-17)22-18(23)19(10-11-19)14-6-4-5-7-15(14)20/h4-9,12,16H,3,10-11H2,1-2H3,(H,22,23)/t16-/m1/s1. The summed E-state index contributed by atoms with van der Waals surface area (Å²) in [6.45, 7) is 3.99. The summed E-state index contributed by atoms with van der Waals surface area (Å²) in [5.41, 5.74) is 1.73. The number of carbonyl (C=O) groups excluding carboxylic acids is 1. The van der Waals surface area contributed by atoms with E-state index >= 15 is 0 Å². The molecule has 2 aromatic rings. The monoisotopic (exact) mass is 312 g/mol. The minimum Gasteiger partial charge on any atom is -0.347 e. The molecular weight excluding hydrogens is 291 g/mol. The second kappa shape index (κ2) is 6.11. The first-order valence-electron chi connectivity index (χ1n) is 8.05. The third-order valence-corrected chi connectivity index (χ3v) is 4.58. The van der Waals surface area contributed by atoms with Gasteiger partial charge in [-0.05, 0) is 43.9 Å². The van der Waals surface area contributed by atoms with Crippen LogP contribution in [0.3, 0.4) is 0 Å². The van der Waals surface area contributed by atoms with Crippen LogP contribution in [0.5, 0.6) is 0 Å². The average Bonchev–Trinajstić information content (AvgIpc) is 3.35. The lowest BCUT2D eigenvalue weighted by molar-refractivity contribution is -0.124. The topological polar surface area (TPSA) is 42.0 Å². The Kier molecular flexibility index (Phi) is 4.16. The lowest BCUT2D eigenvalue weighted by atomic mass is 9.93. The van der Waals surface area contributed by atoms with Gasteiger partial charge >= 0.3 is 0 Å². The zero-order valence-corrected chi connectivity index (χ0v) is 13.5. The molecule has 1 atom stereocenters. The maximum absolute atomic E-state index is 14.1. The number of amides is 1. The van der Waals surface area contributed by atoms with Crippen molar-refractivity contribution in [1.29, 1.82) is 0 Å². The summed E-state index contributed by atoms with van der Waals surface area (Å²) >= 11 is 0. The van der Waals surface area contributed by atoms with Crippen molar-refractivity contribution in [3.05, 3.63) is 65.2 Å². The molecule has 1 aliphatic rings. The molecule has 0 radical (unpaired) electrons. The first-order valence-corrected chi connectivity index (χ1v) is 8.05. The molecule has 0 unspecified atom stereocenters. The van der Waals surface area contributed by atoms with Gasteiger partial charge in [-0.15, -0.1) is 0 Å². The van der Waals surface area contributed by atoms with Gasteiger partial charge in [0.2, 0.25) is 5.91 Å². The molecule has 0 saturated heterocycles. The highest BCUT2D eigenvalue weighted by Gasteiger charge is 2.53. The van der Waals surface area contributed by atoms with Crippen LogP contribution < -0.4 is 5.32 Å². The number of hydrogen-bond acceptors (Lipinski definition) is 2. The summed E-state index contributed by atoms with van der Waals surface area (Å²) in [5.74, 6) is -0.404. The molecule has 1 saturated carbocycles. The molecule has 3 nitrogen and oxygen atoms in total. The summed E-state index contributed by atoms with van der Waals surface area (Å²) in [7, 11) is 0. The van der Waals surface area contributed by atoms with E-state index < -0.39 is 5.41 Å². The first-order chi connectivity index (χ1) is 11.1. The molecule has 0 aliphatic heterocycles. The molecule has 0 spiro atoms. The van der Waals surface area contributed by atoms with Crippen LogP contribution in [0, 0.1) is 12.7 Å². The smallest absolute Gasteiger partial charge is 0.231 e. The Morgan fingerprint density at radius 1 is 1.30 bits per heavy atom. The van der Waals surface area contributed by atoms with Gasteiger partial charge in [-0.2, -0.15) is 0 Å². The lowest BCUT2D eigenvalue weighted by Crippen LogP contribution is -2.38. The Morgan fingerprint density at radius 2 is 2.04 bits per heavy atom. The second-order valence-corrected chi connectivity index (χ2v) is 6.26. The van der Waals surface area contributed by atoms with Crippen molar-refractivity contribution >= 4 is 5.91 Å². The van der Waals surface area contributed by atoms with E-state index in [9.17, 15) is 9.18 Å². The van der Waals surface area contributed by atoms with Crippen LogP contribution >= 0.6 is 0 Å². The third-order valence-electron chi connectivity index (χ3n) is 4.58. The largest absolute Gasteiger partial charge is 0.347 e. The van der Waals surface area contributed by atoms with Gasteiger partial charge in [-0.1, -0.05) is 31.2 Å². The number of nitrogens with one attached hydrogen (secondary N) is 1. The van der Waals surface area contributed by atoms with Crippen LogP contribution in [0.15, 0.2) is 42.6 Å². The minimum atomic E-state index is -0.705. The van der Waals surface area contributed by atoms with Crippen molar-refractivity contribution in [2.45, 2.75) is 44.6 Å². The highest BCUT2D eigenvalue weighted by molar-refractivity contribution is 5.91. The molecule has 3 rings (SSSR count). The van der Waals surface area contributed by atoms with Crippen molar-refractivity contribution in [2.24, 2.45) is 0 Å². The van der Waals surface area contributed by atoms with E-state index in [2.05, 4.69) is 10.3 Å². The number of aromatic nitrogens is 1. The van der Waals surface area contributed by atoms with Gasteiger partial charge in [-0.25, -0.2) is 4.39 Å². The van der Waals surface area contributed by atoms with Crippen LogP contribution in [0.2, 0.25) is 0 Å². The minimum absolute atomic E-state index is 0.100. The average molecular weight is 312 g/mol. The highest BCUT2D eigenvalue weighted by atomic mass is 19.1. The number of halogens is 1. The molecule has 4 heteroatoms. The van der Waals surface area contributed by atoms with E-state index in [-0.39, 0.29) is 17.8 Å². The fraction of sp³-hybridized carbons (Fsp3) is 0.368. The van der Waals surface area contributed by atoms with Crippen molar-refractivity contribution in [3.8, 4) is 0 Å². The fourth-order valence-corrected chi connectivity index (χ4v) is 2.96. The number of rotatable bonds is 5. The van der Waals surface area contributed by atoms with Gasteiger partial charge in [0.25, 0.3) is 0 Å². The highest BCUT2D eigenvalue weighted by Crippen LogP contribution is 2.49. The SMILES string of the molecule is CC[C@@H](NC(=O)C1(c2ccccc2F)CC1)c1ccc(C)cn1. The Hall–Kier alpha value is -2.23. The Morgan fingerprint density at radius 3 is 2.61 bits per heavy atom. The number of pyridine rings is 1. The summed E-state index contributed by atoms with van der Waals surface area (Å²) < 4.78 is 14.1. The zero-order valence-electron chi connectivity index (χ0n) is 13.5. The van der Waals surface area contributed by atoms with E-state index in [4.69, 9.17) is 0 Å². The van der Waals surface area contributed by atoms with Crippen molar-refractivity contribution in [3.63, 3.8) is 0 Å². The van der Waals surface area contributed by atoms with E-state index in [0.717, 1.165) is 17.7 Å². The van der Waals surface area contributed by atoms with Gasteiger partial charge in [0, 0.05) is 11.8 Å². The van der Waals surface area contributed by atoms with Crippen LogP contribution in [0.25, 0.3) is 0 Å². The molecule has 1 amide bonds. The Labute approximate surface area is 135 Å². The van der Waals surface area contributed by atoms with Crippen LogP contribution in [-0.2, 0) is 10.2 Å². The second-order valence-electron chi connectivity index (χ2n) is 6.26. The van der Waals surface area contributed by atoms with Crippen LogP contribution in [0.1, 0.15) is 49.0 Å². The van der Waals surface area contributed by atoms with Gasteiger partial charge in [0.15, 0.2) is 0 Å². The van der Waals surface area contributed by atoms with Crippen LogP contribution in [0.4, 0.5) is 4.39 Å². The van der Waals surface area contributed by atoms with Crippen molar-refractivity contribution in [1.82, 2.24) is 10.3 Å². The Bertz CT molecular complexity index is 708. The molecule has 1 heterocycles. The van der Waals surface area contributed by atoms with E-state index in [1.807, 2.05) is 26.0 Å². The summed E-state index contributed by atoms with van der Waals surface area (Å²) in [4.78, 5) is 17.2. The maximum Gasteiger partial charge on any atom is 0.231 e. The van der Waals surface area contributed by atoms with Crippen molar-refractivity contribution < 1.29 is 9.18 Å². The molecule has 1 N–H and O–H groups in total. The molecule has 1 aliphatic carbocycles. The molecule has 23 heavy (non-hydrogen) atoms. The number of hydrogen-bond donors (Lipinski definition) is 1. The Balaban J connectivity index is 1.80. The fourth-order valence-electron chi connectivity index (χ4n) is 2.96. The molecule has 120 valence electrons. The van der Waals surface area contributed by atoms with Gasteiger partial charge in [0.1, 0.15) is 5.82 Å². The molecule has 1 fully saturated rings. The predicted octanol–water partition coefficient (Wildman–Crippen LogP) is 3.83. The van der Waals surface area contributed by atoms with Gasteiger partial charge in [0.05, 0.1) is 17.2 Å². The molecule has 0 bridgehead atoms. The zero-order chi connectivity index (χ0) is 16.4. The molecule has 1 aromatic carbocycles. The summed E-state index contributed by atoms with van der Waals surface area (Å²) in [5, 5.41) is 3.06. The number of nitrogens with zero attached hydrogens (tertiary/aromatic N) is 1. The van der Waals surface area contributed by atoms with E-state index in [1.54, 1.807) is 24.4 Å². The van der Waals surface area contributed by atoms with Crippen LogP contribution in [-0.4, -0.2) is 10.9 Å². The number of aryl methyl sites for hydroxylation is 1.